The summed E-state index contributed by atoms with van der Waals surface area (Å²) in [7, 11) is 0. The van der Waals surface area contributed by atoms with Gasteiger partial charge < -0.3 is 10.2 Å². The highest BCUT2D eigenvalue weighted by Crippen LogP contribution is 2.25. The van der Waals surface area contributed by atoms with Gasteiger partial charge in [0.15, 0.2) is 0 Å². The summed E-state index contributed by atoms with van der Waals surface area (Å²) >= 11 is 0. The van der Waals surface area contributed by atoms with Crippen LogP contribution in [0.3, 0.4) is 0 Å². The van der Waals surface area contributed by atoms with Gasteiger partial charge in [0.2, 0.25) is 0 Å². The minimum Gasteiger partial charge on any atom is -0.352 e. The van der Waals surface area contributed by atoms with Gasteiger partial charge in [0.25, 0.3) is 0 Å². The molecule has 0 bridgehead atoms. The lowest BCUT2D eigenvalue weighted by molar-refractivity contribution is 0.582. The maximum atomic E-state index is 4.76. The summed E-state index contributed by atoms with van der Waals surface area (Å²) in [5.41, 5.74) is 1.07. The summed E-state index contributed by atoms with van der Waals surface area (Å²) in [6.45, 7) is 11.7. The fourth-order valence-electron chi connectivity index (χ4n) is 2.64. The van der Waals surface area contributed by atoms with Crippen LogP contribution in [0.15, 0.2) is 6.07 Å². The van der Waals surface area contributed by atoms with Crippen molar-refractivity contribution in [3.63, 3.8) is 0 Å². The molecule has 1 atom stereocenters. The van der Waals surface area contributed by atoms with E-state index in [-0.39, 0.29) is 0 Å². The minimum absolute atomic E-state index is 0.383. The maximum Gasteiger partial charge on any atom is 0.133 e. The third-order valence-electron chi connectivity index (χ3n) is 3.68. The highest BCUT2D eigenvalue weighted by Gasteiger charge is 2.25. The zero-order valence-corrected chi connectivity index (χ0v) is 12.6. The maximum absolute atomic E-state index is 4.76. The molecule has 0 aliphatic carbocycles. The SMILES string of the molecule is CCNCC1CCCN1c1cc(C)nc(C(C)C)n1. The molecule has 1 aliphatic heterocycles. The van der Waals surface area contributed by atoms with Crippen molar-refractivity contribution >= 4 is 5.82 Å². The second-order valence-corrected chi connectivity index (χ2v) is 5.68. The molecule has 19 heavy (non-hydrogen) atoms. The second kappa shape index (κ2) is 6.33. The average molecular weight is 262 g/mol. The van der Waals surface area contributed by atoms with Crippen LogP contribution in [0.4, 0.5) is 5.82 Å². The Bertz CT molecular complexity index is 417. The number of nitrogens with zero attached hydrogens (tertiary/aromatic N) is 3. The topological polar surface area (TPSA) is 41.0 Å². The standard InChI is InChI=1S/C15H26N4/c1-5-16-10-13-7-6-8-19(13)14-9-12(4)17-15(18-14)11(2)3/h9,11,13,16H,5-8,10H2,1-4H3. The Hall–Kier alpha value is -1.16. The number of hydrogen-bond acceptors (Lipinski definition) is 4. The summed E-state index contributed by atoms with van der Waals surface area (Å²) in [5, 5.41) is 3.46. The van der Waals surface area contributed by atoms with E-state index >= 15 is 0 Å². The van der Waals surface area contributed by atoms with Gasteiger partial charge in [-0.3, -0.25) is 0 Å². The number of aryl methyl sites for hydroxylation is 1. The zero-order valence-electron chi connectivity index (χ0n) is 12.6. The van der Waals surface area contributed by atoms with Crippen LogP contribution < -0.4 is 10.2 Å². The first-order chi connectivity index (χ1) is 9.11. The Morgan fingerprint density at radius 1 is 1.42 bits per heavy atom. The molecule has 1 N–H and O–H groups in total. The lowest BCUT2D eigenvalue weighted by Crippen LogP contribution is -2.38. The van der Waals surface area contributed by atoms with Crippen LogP contribution in [0.25, 0.3) is 0 Å². The first-order valence-corrected chi connectivity index (χ1v) is 7.44. The van der Waals surface area contributed by atoms with Gasteiger partial charge in [0, 0.05) is 36.8 Å². The largest absolute Gasteiger partial charge is 0.352 e. The first-order valence-electron chi connectivity index (χ1n) is 7.44. The normalized spacial score (nSPS) is 19.4. The van der Waals surface area contributed by atoms with Crippen molar-refractivity contribution in [2.75, 3.05) is 24.5 Å². The summed E-state index contributed by atoms with van der Waals surface area (Å²) in [5.74, 6) is 2.45. The highest BCUT2D eigenvalue weighted by atomic mass is 15.2. The summed E-state index contributed by atoms with van der Waals surface area (Å²) in [6, 6.07) is 2.70. The third kappa shape index (κ3) is 3.44. The average Bonchev–Trinajstić information content (AvgIpc) is 2.83. The van der Waals surface area contributed by atoms with Gasteiger partial charge >= 0.3 is 0 Å². The monoisotopic (exact) mass is 262 g/mol. The van der Waals surface area contributed by atoms with Crippen LogP contribution in [-0.2, 0) is 0 Å². The van der Waals surface area contributed by atoms with Crippen LogP contribution in [0.1, 0.15) is 51.0 Å². The second-order valence-electron chi connectivity index (χ2n) is 5.68. The van der Waals surface area contributed by atoms with Gasteiger partial charge in [-0.25, -0.2) is 9.97 Å². The number of hydrogen-bond donors (Lipinski definition) is 1. The van der Waals surface area contributed by atoms with Crippen molar-refractivity contribution < 1.29 is 0 Å². The number of anilines is 1. The van der Waals surface area contributed by atoms with E-state index in [1.807, 2.05) is 0 Å². The van der Waals surface area contributed by atoms with Crippen LogP contribution in [0.2, 0.25) is 0 Å². The molecule has 4 heteroatoms. The fraction of sp³-hybridized carbons (Fsp3) is 0.733. The highest BCUT2D eigenvalue weighted by molar-refractivity contribution is 5.42. The number of rotatable bonds is 5. The fourth-order valence-corrected chi connectivity index (χ4v) is 2.64. The van der Waals surface area contributed by atoms with Crippen LogP contribution in [0, 0.1) is 6.92 Å². The molecule has 1 fully saturated rings. The molecule has 1 aromatic heterocycles. The van der Waals surface area contributed by atoms with E-state index in [9.17, 15) is 0 Å². The van der Waals surface area contributed by atoms with Gasteiger partial charge in [-0.15, -0.1) is 0 Å². The molecule has 0 saturated carbocycles. The van der Waals surface area contributed by atoms with E-state index in [0.717, 1.165) is 37.0 Å². The molecule has 0 radical (unpaired) electrons. The summed E-state index contributed by atoms with van der Waals surface area (Å²) in [6.07, 6.45) is 2.52. The lowest BCUT2D eigenvalue weighted by atomic mass is 10.2. The van der Waals surface area contributed by atoms with Crippen LogP contribution in [-0.4, -0.2) is 35.6 Å². The number of likely N-dealkylation sites (N-methyl/N-ethyl adjacent to an activating group) is 1. The Kier molecular flexibility index (Phi) is 4.75. The molecule has 1 saturated heterocycles. The van der Waals surface area contributed by atoms with Gasteiger partial charge in [-0.05, 0) is 26.3 Å². The molecule has 106 valence electrons. The summed E-state index contributed by atoms with van der Waals surface area (Å²) < 4.78 is 0. The van der Waals surface area contributed by atoms with Gasteiger partial charge in [-0.2, -0.15) is 0 Å². The Balaban J connectivity index is 2.20. The van der Waals surface area contributed by atoms with Crippen LogP contribution in [0.5, 0.6) is 0 Å². The third-order valence-corrected chi connectivity index (χ3v) is 3.68. The predicted molar refractivity (Wildman–Crippen MR) is 79.8 cm³/mol. The number of aromatic nitrogens is 2. The van der Waals surface area contributed by atoms with E-state index in [4.69, 9.17) is 4.98 Å². The molecule has 0 aromatic carbocycles. The molecular formula is C15H26N4. The van der Waals surface area contributed by atoms with Crippen molar-refractivity contribution in [2.45, 2.75) is 52.5 Å². The molecule has 1 aromatic rings. The smallest absolute Gasteiger partial charge is 0.133 e. The molecule has 1 aliphatic rings. The first kappa shape index (κ1) is 14.3. The molecule has 2 rings (SSSR count). The minimum atomic E-state index is 0.383. The number of nitrogens with one attached hydrogen (secondary N) is 1. The van der Waals surface area contributed by atoms with Crippen molar-refractivity contribution in [1.29, 1.82) is 0 Å². The van der Waals surface area contributed by atoms with Crippen molar-refractivity contribution in [3.05, 3.63) is 17.6 Å². The molecule has 1 unspecified atom stereocenters. The Labute approximate surface area is 116 Å². The molecule has 4 nitrogen and oxygen atoms in total. The van der Waals surface area contributed by atoms with Gasteiger partial charge in [-0.1, -0.05) is 20.8 Å². The predicted octanol–water partition coefficient (Wildman–Crippen LogP) is 2.49. The van der Waals surface area contributed by atoms with Crippen molar-refractivity contribution in [3.8, 4) is 0 Å². The zero-order chi connectivity index (χ0) is 13.8. The van der Waals surface area contributed by atoms with E-state index in [1.165, 1.54) is 12.8 Å². The molecule has 0 amide bonds. The Morgan fingerprint density at radius 2 is 2.21 bits per heavy atom. The van der Waals surface area contributed by atoms with E-state index in [0.29, 0.717) is 12.0 Å². The van der Waals surface area contributed by atoms with E-state index < -0.39 is 0 Å². The quantitative estimate of drug-likeness (QED) is 0.885. The summed E-state index contributed by atoms with van der Waals surface area (Å²) in [4.78, 5) is 11.7. The molecule has 0 spiro atoms. The Morgan fingerprint density at radius 3 is 2.89 bits per heavy atom. The van der Waals surface area contributed by atoms with Gasteiger partial charge in [0.05, 0.1) is 0 Å². The molecular weight excluding hydrogens is 236 g/mol. The lowest BCUT2D eigenvalue weighted by Gasteiger charge is -2.26. The van der Waals surface area contributed by atoms with E-state index in [1.54, 1.807) is 0 Å². The van der Waals surface area contributed by atoms with Crippen molar-refractivity contribution in [1.82, 2.24) is 15.3 Å². The van der Waals surface area contributed by atoms with E-state index in [2.05, 4.69) is 49.0 Å². The van der Waals surface area contributed by atoms with Gasteiger partial charge in [0.1, 0.15) is 11.6 Å². The van der Waals surface area contributed by atoms with Crippen LogP contribution >= 0.6 is 0 Å². The van der Waals surface area contributed by atoms with Crippen molar-refractivity contribution in [2.24, 2.45) is 0 Å². The molecule has 2 heterocycles.